The van der Waals surface area contributed by atoms with Crippen molar-refractivity contribution in [2.45, 2.75) is 0 Å². The number of hydrogen-bond donors (Lipinski definition) is 0. The number of aromatic nitrogens is 1. The van der Waals surface area contributed by atoms with Gasteiger partial charge in [-0.05, 0) is 53.2 Å². The topological polar surface area (TPSA) is 7.65 Å². The lowest BCUT2D eigenvalue weighted by atomic mass is 10.0. The van der Waals surface area contributed by atoms with Gasteiger partial charge in [-0.25, -0.2) is 0 Å². The molecule has 36 heavy (non-hydrogen) atoms. The van der Waals surface area contributed by atoms with Gasteiger partial charge in [0.25, 0.3) is 0 Å². The molecule has 3 heterocycles. The van der Waals surface area contributed by atoms with E-state index in [1.165, 1.54) is 65.3 Å². The molecule has 3 aromatic heterocycles. The highest BCUT2D eigenvalue weighted by Gasteiger charge is 2.27. The van der Waals surface area contributed by atoms with Gasteiger partial charge in [0.1, 0.15) is 0 Å². The molecule has 0 saturated carbocycles. The van der Waals surface area contributed by atoms with E-state index in [-0.39, 0.29) is 0 Å². The third-order valence-electron chi connectivity index (χ3n) is 7.96. The van der Waals surface area contributed by atoms with E-state index in [1.807, 2.05) is 0 Å². The molecule has 9 rings (SSSR count). The van der Waals surface area contributed by atoms with Gasteiger partial charge in [-0.2, -0.15) is 0 Å². The molecule has 0 atom stereocenters. The fourth-order valence-corrected chi connectivity index (χ4v) is 6.59. The van der Waals surface area contributed by atoms with Crippen LogP contribution in [0.4, 0.5) is 17.1 Å². The summed E-state index contributed by atoms with van der Waals surface area (Å²) in [4.78, 5) is 2.38. The zero-order valence-electron chi connectivity index (χ0n) is 19.4. The van der Waals surface area contributed by atoms with Crippen molar-refractivity contribution in [3.05, 3.63) is 121 Å². The first-order valence-corrected chi connectivity index (χ1v) is 12.5. The summed E-state index contributed by atoms with van der Waals surface area (Å²) in [5.74, 6) is 0. The van der Waals surface area contributed by atoms with E-state index >= 15 is 0 Å². The number of nitrogens with zero attached hydrogens (tertiary/aromatic N) is 2. The zero-order chi connectivity index (χ0) is 23.4. The molecule has 0 amide bonds. The second-order valence-corrected chi connectivity index (χ2v) is 9.80. The van der Waals surface area contributed by atoms with Crippen molar-refractivity contribution in [2.24, 2.45) is 0 Å². The Kier molecular flexibility index (Phi) is 3.31. The third kappa shape index (κ3) is 2.14. The molecule has 0 unspecified atom stereocenters. The smallest absolute Gasteiger partial charge is 0.0627 e. The van der Waals surface area contributed by atoms with Gasteiger partial charge in [-0.3, -0.25) is 0 Å². The average molecular weight is 457 g/mol. The van der Waals surface area contributed by atoms with Gasteiger partial charge in [-0.15, -0.1) is 0 Å². The van der Waals surface area contributed by atoms with Crippen LogP contribution in [0, 0.1) is 0 Å². The van der Waals surface area contributed by atoms with Crippen molar-refractivity contribution in [1.82, 2.24) is 4.40 Å². The zero-order valence-corrected chi connectivity index (χ0v) is 19.4. The molecule has 2 nitrogen and oxygen atoms in total. The van der Waals surface area contributed by atoms with Crippen LogP contribution in [0.2, 0.25) is 0 Å². The normalized spacial score (nSPS) is 12.4. The molecular weight excluding hydrogens is 436 g/mol. The molecule has 0 radical (unpaired) electrons. The standard InChI is InChI=1S/C34H20N2/c1-3-11-22(12-4-1)35(23-13-5-2-6-14-23)24-19-29-27-17-9-16-26-28-18-21-10-7-8-15-25(21)31-30(20-24)33(29)36(32(26)27)34(28)31/h1-20H. The van der Waals surface area contributed by atoms with E-state index < -0.39 is 0 Å². The third-order valence-corrected chi connectivity index (χ3v) is 7.96. The summed E-state index contributed by atoms with van der Waals surface area (Å²) in [6, 6.07) is 44.2. The monoisotopic (exact) mass is 456 g/mol. The molecule has 166 valence electrons. The maximum atomic E-state index is 2.53. The van der Waals surface area contributed by atoms with E-state index in [0.717, 1.165) is 11.4 Å². The number of benzene rings is 6. The van der Waals surface area contributed by atoms with E-state index in [0.29, 0.717) is 0 Å². The lowest BCUT2D eigenvalue weighted by Crippen LogP contribution is -2.09. The van der Waals surface area contributed by atoms with Crippen molar-refractivity contribution < 1.29 is 0 Å². The first-order valence-electron chi connectivity index (χ1n) is 12.5. The van der Waals surface area contributed by atoms with Crippen LogP contribution in [-0.4, -0.2) is 4.40 Å². The lowest BCUT2D eigenvalue weighted by molar-refractivity contribution is 1.29. The van der Waals surface area contributed by atoms with E-state index in [1.54, 1.807) is 0 Å². The minimum absolute atomic E-state index is 1.16. The quantitative estimate of drug-likeness (QED) is 0.257. The van der Waals surface area contributed by atoms with Crippen LogP contribution in [-0.2, 0) is 0 Å². The second-order valence-electron chi connectivity index (χ2n) is 9.80. The summed E-state index contributed by atoms with van der Waals surface area (Å²) in [7, 11) is 0. The number of para-hydroxylation sites is 3. The van der Waals surface area contributed by atoms with Gasteiger partial charge in [0.05, 0.1) is 16.6 Å². The first-order chi connectivity index (χ1) is 17.9. The van der Waals surface area contributed by atoms with Crippen molar-refractivity contribution >= 4 is 76.7 Å². The van der Waals surface area contributed by atoms with Crippen LogP contribution in [0.3, 0.4) is 0 Å². The Morgan fingerprint density at radius 2 is 0.944 bits per heavy atom. The maximum absolute atomic E-state index is 2.53. The van der Waals surface area contributed by atoms with Gasteiger partial charge in [0.15, 0.2) is 0 Å². The summed E-state index contributed by atoms with van der Waals surface area (Å²) < 4.78 is 2.53. The number of rotatable bonds is 3. The summed E-state index contributed by atoms with van der Waals surface area (Å²) in [5, 5.41) is 10.7. The van der Waals surface area contributed by atoms with Crippen molar-refractivity contribution in [3.8, 4) is 0 Å². The Labute approximate surface area is 207 Å². The molecule has 6 aromatic carbocycles. The Bertz CT molecular complexity index is 2150. The summed E-state index contributed by atoms with van der Waals surface area (Å²) in [6.07, 6.45) is 0. The van der Waals surface area contributed by atoms with Crippen LogP contribution >= 0.6 is 0 Å². The number of anilines is 3. The average Bonchev–Trinajstić information content (AvgIpc) is 3.57. The van der Waals surface area contributed by atoms with E-state index in [2.05, 4.69) is 131 Å². The summed E-state index contributed by atoms with van der Waals surface area (Å²) in [6.45, 7) is 0. The van der Waals surface area contributed by atoms with Gasteiger partial charge in [0, 0.05) is 49.4 Å². The predicted octanol–water partition coefficient (Wildman–Crippen LogP) is 9.49. The Hall–Kier alpha value is -4.82. The fourth-order valence-electron chi connectivity index (χ4n) is 6.59. The van der Waals surface area contributed by atoms with Gasteiger partial charge >= 0.3 is 0 Å². The number of hydrogen-bond acceptors (Lipinski definition) is 1. The van der Waals surface area contributed by atoms with E-state index in [4.69, 9.17) is 0 Å². The van der Waals surface area contributed by atoms with Crippen molar-refractivity contribution in [1.29, 1.82) is 0 Å². The van der Waals surface area contributed by atoms with Crippen molar-refractivity contribution in [3.63, 3.8) is 0 Å². The molecule has 0 aliphatic heterocycles. The Balaban J connectivity index is 1.51. The predicted molar refractivity (Wildman–Crippen MR) is 153 cm³/mol. The van der Waals surface area contributed by atoms with Crippen molar-refractivity contribution in [2.75, 3.05) is 4.90 Å². The second kappa shape index (κ2) is 6.44. The highest BCUT2D eigenvalue weighted by molar-refractivity contribution is 6.38. The van der Waals surface area contributed by atoms with Gasteiger partial charge < -0.3 is 9.30 Å². The first kappa shape index (κ1) is 18.5. The Morgan fingerprint density at radius 1 is 0.389 bits per heavy atom. The maximum Gasteiger partial charge on any atom is 0.0627 e. The molecule has 0 aliphatic rings. The van der Waals surface area contributed by atoms with Crippen LogP contribution in [0.25, 0.3) is 59.6 Å². The van der Waals surface area contributed by atoms with Gasteiger partial charge in [-0.1, -0.05) is 78.9 Å². The lowest BCUT2D eigenvalue weighted by Gasteiger charge is -2.25. The summed E-state index contributed by atoms with van der Waals surface area (Å²) in [5.41, 5.74) is 7.54. The summed E-state index contributed by atoms with van der Waals surface area (Å²) >= 11 is 0. The number of fused-ring (bicyclic) bond motifs is 5. The van der Waals surface area contributed by atoms with Gasteiger partial charge in [0.2, 0.25) is 0 Å². The van der Waals surface area contributed by atoms with Crippen LogP contribution in [0.15, 0.2) is 121 Å². The molecule has 2 heteroatoms. The SMILES string of the molecule is c1ccc(N(c2ccccc2)c2cc3c4cccc5c6cc7ccccc7c7c(c2)c3n(c45)c67)cc1. The van der Waals surface area contributed by atoms with Crippen LogP contribution in [0.1, 0.15) is 0 Å². The van der Waals surface area contributed by atoms with Crippen LogP contribution in [0.5, 0.6) is 0 Å². The minimum Gasteiger partial charge on any atom is -0.310 e. The molecule has 9 aromatic rings. The molecule has 0 saturated heterocycles. The minimum atomic E-state index is 1.16. The molecule has 0 N–H and O–H groups in total. The highest BCUT2D eigenvalue weighted by Crippen LogP contribution is 2.50. The molecule has 0 aliphatic carbocycles. The molecule has 0 bridgehead atoms. The molecular formula is C34H20N2. The van der Waals surface area contributed by atoms with Crippen LogP contribution < -0.4 is 4.90 Å². The Morgan fingerprint density at radius 3 is 1.67 bits per heavy atom. The van der Waals surface area contributed by atoms with E-state index in [9.17, 15) is 0 Å². The highest BCUT2D eigenvalue weighted by atomic mass is 15.1. The largest absolute Gasteiger partial charge is 0.310 e. The molecule has 0 fully saturated rings. The molecule has 0 spiro atoms. The fraction of sp³-hybridized carbons (Fsp3) is 0.